The average molecular weight is 201 g/mol. The Balaban J connectivity index is 2.92. The van der Waals surface area contributed by atoms with E-state index in [-0.39, 0.29) is 0 Å². The zero-order valence-corrected chi connectivity index (χ0v) is 9.17. The first-order chi connectivity index (χ1) is 5.61. The highest BCUT2D eigenvalue weighted by atomic mass is 35.5. The van der Waals surface area contributed by atoms with Gasteiger partial charge in [-0.25, -0.2) is 0 Å². The van der Waals surface area contributed by atoms with E-state index in [4.69, 9.17) is 11.6 Å². The van der Waals surface area contributed by atoms with Gasteiger partial charge in [0.05, 0.1) is 0 Å². The minimum Gasteiger partial charge on any atom is -0.123 e. The van der Waals surface area contributed by atoms with E-state index in [0.717, 1.165) is 5.02 Å². The molecule has 2 heteroatoms. The number of benzene rings is 1. The minimum absolute atomic E-state index is 0.613. The van der Waals surface area contributed by atoms with Crippen LogP contribution in [-0.2, 0) is 0 Å². The van der Waals surface area contributed by atoms with E-state index in [1.165, 1.54) is 10.5 Å². The highest BCUT2D eigenvalue weighted by molar-refractivity contribution is 8.00. The molecule has 0 aliphatic rings. The minimum atomic E-state index is 0.613. The summed E-state index contributed by atoms with van der Waals surface area (Å²) in [5.41, 5.74) is 1.19. The molecule has 0 nitrogen and oxygen atoms in total. The van der Waals surface area contributed by atoms with Crippen molar-refractivity contribution >= 4 is 23.4 Å². The summed E-state index contributed by atoms with van der Waals surface area (Å²) in [6, 6.07) is 6.05. The maximum atomic E-state index is 5.98. The van der Waals surface area contributed by atoms with Gasteiger partial charge in [-0.05, 0) is 24.6 Å². The summed E-state index contributed by atoms with van der Waals surface area (Å²) in [7, 11) is 0. The van der Waals surface area contributed by atoms with Crippen molar-refractivity contribution < 1.29 is 0 Å². The molecule has 0 atom stereocenters. The van der Waals surface area contributed by atoms with E-state index < -0.39 is 0 Å². The lowest BCUT2D eigenvalue weighted by molar-refractivity contribution is 1.10. The van der Waals surface area contributed by atoms with Gasteiger partial charge in [0.1, 0.15) is 0 Å². The van der Waals surface area contributed by atoms with Crippen LogP contribution in [0.4, 0.5) is 0 Å². The Bertz CT molecular complexity index is 269. The van der Waals surface area contributed by atoms with E-state index in [1.807, 2.05) is 23.9 Å². The molecule has 0 amide bonds. The van der Waals surface area contributed by atoms with Crippen molar-refractivity contribution in [1.29, 1.82) is 0 Å². The third kappa shape index (κ3) is 2.43. The summed E-state index contributed by atoms with van der Waals surface area (Å²) >= 11 is 7.84. The third-order valence-corrected chi connectivity index (χ3v) is 3.16. The highest BCUT2D eigenvalue weighted by Gasteiger charge is 2.03. The molecule has 0 unspecified atom stereocenters. The lowest BCUT2D eigenvalue weighted by Gasteiger charge is -2.08. The maximum absolute atomic E-state index is 5.98. The second-order valence-corrected chi connectivity index (χ2v) is 5.06. The fourth-order valence-corrected chi connectivity index (χ4v) is 2.15. The first-order valence-electron chi connectivity index (χ1n) is 4.03. The molecule has 0 spiro atoms. The zero-order chi connectivity index (χ0) is 9.14. The third-order valence-electron chi connectivity index (χ3n) is 1.58. The average Bonchev–Trinajstić information content (AvgIpc) is 1.98. The van der Waals surface area contributed by atoms with Gasteiger partial charge in [0.2, 0.25) is 0 Å². The zero-order valence-electron chi connectivity index (χ0n) is 7.60. The Labute approximate surface area is 83.3 Å². The van der Waals surface area contributed by atoms with Crippen molar-refractivity contribution in [2.24, 2.45) is 0 Å². The quantitative estimate of drug-likeness (QED) is 0.647. The lowest BCUT2D eigenvalue weighted by Crippen LogP contribution is -1.88. The standard InChI is InChI=1S/C10H13ClS/c1-7(2)12-10-6-4-5-9(11)8(10)3/h4-7H,1-3H3. The van der Waals surface area contributed by atoms with E-state index in [1.54, 1.807) is 0 Å². The second kappa shape index (κ2) is 4.20. The van der Waals surface area contributed by atoms with E-state index in [9.17, 15) is 0 Å². The largest absolute Gasteiger partial charge is 0.123 e. The van der Waals surface area contributed by atoms with Crippen molar-refractivity contribution in [3.63, 3.8) is 0 Å². The van der Waals surface area contributed by atoms with Crippen LogP contribution in [0.1, 0.15) is 19.4 Å². The Morgan fingerprint density at radius 3 is 2.58 bits per heavy atom. The highest BCUT2D eigenvalue weighted by Crippen LogP contribution is 2.29. The van der Waals surface area contributed by atoms with Crippen molar-refractivity contribution in [3.8, 4) is 0 Å². The Morgan fingerprint density at radius 1 is 1.33 bits per heavy atom. The first kappa shape index (κ1) is 9.94. The smallest absolute Gasteiger partial charge is 0.0446 e. The van der Waals surface area contributed by atoms with Crippen LogP contribution in [-0.4, -0.2) is 5.25 Å². The number of rotatable bonds is 2. The van der Waals surface area contributed by atoms with Gasteiger partial charge >= 0.3 is 0 Å². The van der Waals surface area contributed by atoms with Gasteiger partial charge in [-0.3, -0.25) is 0 Å². The molecule has 12 heavy (non-hydrogen) atoms. The van der Waals surface area contributed by atoms with Crippen LogP contribution in [0.5, 0.6) is 0 Å². The summed E-state index contributed by atoms with van der Waals surface area (Å²) in [4.78, 5) is 1.29. The molecule has 0 N–H and O–H groups in total. The molecule has 0 fully saturated rings. The number of halogens is 1. The predicted molar refractivity (Wildman–Crippen MR) is 57.2 cm³/mol. The Hall–Kier alpha value is -0.140. The molecule has 0 bridgehead atoms. The van der Waals surface area contributed by atoms with Gasteiger partial charge in [0.15, 0.2) is 0 Å². The molecule has 0 saturated heterocycles. The summed E-state index contributed by atoms with van der Waals surface area (Å²) in [6.45, 7) is 6.43. The number of hydrogen-bond acceptors (Lipinski definition) is 1. The lowest BCUT2D eigenvalue weighted by atomic mass is 10.2. The van der Waals surface area contributed by atoms with Crippen LogP contribution in [0.15, 0.2) is 23.1 Å². The molecule has 0 radical (unpaired) electrons. The molecule has 0 aromatic heterocycles. The monoisotopic (exact) mass is 200 g/mol. The fourth-order valence-electron chi connectivity index (χ4n) is 0.969. The molecule has 1 rings (SSSR count). The summed E-state index contributed by atoms with van der Waals surface area (Å²) < 4.78 is 0. The Morgan fingerprint density at radius 2 is 2.00 bits per heavy atom. The van der Waals surface area contributed by atoms with Crippen LogP contribution in [0.2, 0.25) is 5.02 Å². The van der Waals surface area contributed by atoms with Crippen LogP contribution < -0.4 is 0 Å². The van der Waals surface area contributed by atoms with Crippen molar-refractivity contribution in [2.75, 3.05) is 0 Å². The van der Waals surface area contributed by atoms with E-state index in [0.29, 0.717) is 5.25 Å². The first-order valence-corrected chi connectivity index (χ1v) is 5.29. The van der Waals surface area contributed by atoms with Gasteiger partial charge in [-0.1, -0.05) is 31.5 Å². The Kier molecular flexibility index (Phi) is 3.48. The van der Waals surface area contributed by atoms with Gasteiger partial charge < -0.3 is 0 Å². The normalized spacial score (nSPS) is 10.8. The van der Waals surface area contributed by atoms with E-state index >= 15 is 0 Å². The van der Waals surface area contributed by atoms with Crippen molar-refractivity contribution in [3.05, 3.63) is 28.8 Å². The molecular weight excluding hydrogens is 188 g/mol. The van der Waals surface area contributed by atoms with Crippen molar-refractivity contribution in [1.82, 2.24) is 0 Å². The summed E-state index contributed by atoms with van der Waals surface area (Å²) in [5, 5.41) is 1.47. The molecule has 0 aliphatic heterocycles. The van der Waals surface area contributed by atoms with Crippen molar-refractivity contribution in [2.45, 2.75) is 30.9 Å². The molecular formula is C10H13ClS. The SMILES string of the molecule is Cc1c(Cl)cccc1SC(C)C. The van der Waals surface area contributed by atoms with Crippen LogP contribution in [0.3, 0.4) is 0 Å². The summed E-state index contributed by atoms with van der Waals surface area (Å²) in [5.74, 6) is 0. The maximum Gasteiger partial charge on any atom is 0.0446 e. The van der Waals surface area contributed by atoms with Gasteiger partial charge in [-0.15, -0.1) is 11.8 Å². The van der Waals surface area contributed by atoms with Crippen LogP contribution in [0, 0.1) is 6.92 Å². The fraction of sp³-hybridized carbons (Fsp3) is 0.400. The molecule has 66 valence electrons. The van der Waals surface area contributed by atoms with Gasteiger partial charge in [0, 0.05) is 15.2 Å². The number of hydrogen-bond donors (Lipinski definition) is 0. The summed E-state index contributed by atoms with van der Waals surface area (Å²) in [6.07, 6.45) is 0. The second-order valence-electron chi connectivity index (χ2n) is 3.03. The van der Waals surface area contributed by atoms with E-state index in [2.05, 4.69) is 26.8 Å². The predicted octanol–water partition coefficient (Wildman–Crippen LogP) is 4.15. The molecule has 0 aliphatic carbocycles. The van der Waals surface area contributed by atoms with Gasteiger partial charge in [-0.2, -0.15) is 0 Å². The molecule has 1 aromatic carbocycles. The molecule has 0 heterocycles. The van der Waals surface area contributed by atoms with Crippen LogP contribution in [0.25, 0.3) is 0 Å². The molecule has 1 aromatic rings. The topological polar surface area (TPSA) is 0 Å². The van der Waals surface area contributed by atoms with Crippen LogP contribution >= 0.6 is 23.4 Å². The molecule has 0 saturated carbocycles. The number of thioether (sulfide) groups is 1. The van der Waals surface area contributed by atoms with Gasteiger partial charge in [0.25, 0.3) is 0 Å².